The largest absolute Gasteiger partial charge is 0.411 e. The van der Waals surface area contributed by atoms with Gasteiger partial charge in [0.15, 0.2) is 0 Å². The van der Waals surface area contributed by atoms with Gasteiger partial charge in [-0.25, -0.2) is 8.78 Å². The van der Waals surface area contributed by atoms with E-state index in [0.29, 0.717) is 0 Å². The van der Waals surface area contributed by atoms with Gasteiger partial charge in [0.1, 0.15) is 12.7 Å². The standard InChI is InChI=1S/C8H14F5NO2/c9-7(10)6(15)4-14-2-1-3-16-5-8(11,12)13/h6-7,14-15H,1-5H2. The average Bonchev–Trinajstić information content (AvgIpc) is 2.14. The summed E-state index contributed by atoms with van der Waals surface area (Å²) < 4.78 is 62.5. The lowest BCUT2D eigenvalue weighted by molar-refractivity contribution is -0.173. The van der Waals surface area contributed by atoms with E-state index in [4.69, 9.17) is 5.11 Å². The second-order valence-corrected chi connectivity index (χ2v) is 3.13. The smallest absolute Gasteiger partial charge is 0.386 e. The van der Waals surface area contributed by atoms with Crippen molar-refractivity contribution in [2.45, 2.75) is 25.1 Å². The summed E-state index contributed by atoms with van der Waals surface area (Å²) >= 11 is 0. The fourth-order valence-corrected chi connectivity index (χ4v) is 0.826. The highest BCUT2D eigenvalue weighted by Gasteiger charge is 2.27. The Labute approximate surface area is 89.6 Å². The molecule has 16 heavy (non-hydrogen) atoms. The number of aliphatic hydroxyl groups is 1. The van der Waals surface area contributed by atoms with Crippen LogP contribution in [0.5, 0.6) is 0 Å². The van der Waals surface area contributed by atoms with E-state index in [9.17, 15) is 22.0 Å². The lowest BCUT2D eigenvalue weighted by atomic mass is 10.3. The van der Waals surface area contributed by atoms with E-state index in [1.165, 1.54) is 0 Å². The fourth-order valence-electron chi connectivity index (χ4n) is 0.826. The lowest BCUT2D eigenvalue weighted by Gasteiger charge is -2.11. The van der Waals surface area contributed by atoms with Gasteiger partial charge in [0.25, 0.3) is 6.43 Å². The van der Waals surface area contributed by atoms with E-state index in [-0.39, 0.29) is 26.1 Å². The highest BCUT2D eigenvalue weighted by atomic mass is 19.4. The summed E-state index contributed by atoms with van der Waals surface area (Å²) in [6.45, 7) is -1.51. The van der Waals surface area contributed by atoms with Crippen LogP contribution in [0.4, 0.5) is 22.0 Å². The summed E-state index contributed by atoms with van der Waals surface area (Å²) in [6.07, 6.45) is -8.67. The second-order valence-electron chi connectivity index (χ2n) is 3.13. The van der Waals surface area contributed by atoms with Gasteiger partial charge >= 0.3 is 6.18 Å². The molecule has 1 atom stereocenters. The van der Waals surface area contributed by atoms with E-state index < -0.39 is 25.3 Å². The Kier molecular flexibility index (Phi) is 7.52. The summed E-state index contributed by atoms with van der Waals surface area (Å²) in [5.74, 6) is 0. The molecule has 0 radical (unpaired) electrons. The monoisotopic (exact) mass is 251 g/mol. The van der Waals surface area contributed by atoms with E-state index in [2.05, 4.69) is 10.1 Å². The van der Waals surface area contributed by atoms with Crippen LogP contribution >= 0.6 is 0 Å². The third-order valence-corrected chi connectivity index (χ3v) is 1.55. The zero-order valence-corrected chi connectivity index (χ0v) is 8.44. The molecular weight excluding hydrogens is 237 g/mol. The average molecular weight is 251 g/mol. The molecule has 0 aliphatic rings. The van der Waals surface area contributed by atoms with Crippen LogP contribution in [0.3, 0.4) is 0 Å². The van der Waals surface area contributed by atoms with Crippen LogP contribution in [-0.4, -0.2) is 50.1 Å². The minimum absolute atomic E-state index is 0.114. The number of nitrogens with one attached hydrogen (secondary N) is 1. The van der Waals surface area contributed by atoms with Gasteiger partial charge in [0.05, 0.1) is 0 Å². The number of halogens is 5. The molecule has 0 aromatic carbocycles. The Morgan fingerprint density at radius 1 is 1.25 bits per heavy atom. The number of hydrogen-bond acceptors (Lipinski definition) is 3. The van der Waals surface area contributed by atoms with Crippen LogP contribution in [0.15, 0.2) is 0 Å². The Morgan fingerprint density at radius 3 is 2.38 bits per heavy atom. The van der Waals surface area contributed by atoms with Crippen LogP contribution in [0.2, 0.25) is 0 Å². The Hall–Kier alpha value is -0.470. The van der Waals surface area contributed by atoms with Gasteiger partial charge < -0.3 is 15.2 Å². The first-order valence-electron chi connectivity index (χ1n) is 4.64. The summed E-state index contributed by atoms with van der Waals surface area (Å²) in [5.41, 5.74) is 0. The number of ether oxygens (including phenoxy) is 1. The third kappa shape index (κ3) is 10.1. The van der Waals surface area contributed by atoms with Gasteiger partial charge in [-0.05, 0) is 13.0 Å². The van der Waals surface area contributed by atoms with Crippen LogP contribution < -0.4 is 5.32 Å². The maximum atomic E-state index is 11.7. The van der Waals surface area contributed by atoms with E-state index in [1.54, 1.807) is 0 Å². The van der Waals surface area contributed by atoms with Gasteiger partial charge in [-0.2, -0.15) is 13.2 Å². The minimum atomic E-state index is -4.35. The molecule has 0 aromatic rings. The lowest BCUT2D eigenvalue weighted by Crippen LogP contribution is -2.33. The maximum Gasteiger partial charge on any atom is 0.411 e. The van der Waals surface area contributed by atoms with Crippen LogP contribution in [0, 0.1) is 0 Å². The normalized spacial score (nSPS) is 14.4. The summed E-state index contributed by atoms with van der Waals surface area (Å²) in [4.78, 5) is 0. The van der Waals surface area contributed by atoms with E-state index in [1.807, 2.05) is 0 Å². The summed E-state index contributed by atoms with van der Waals surface area (Å²) in [7, 11) is 0. The van der Waals surface area contributed by atoms with Crippen molar-refractivity contribution in [2.75, 3.05) is 26.3 Å². The number of hydrogen-bond donors (Lipinski definition) is 2. The maximum absolute atomic E-state index is 11.7. The molecule has 0 aliphatic heterocycles. The predicted molar refractivity (Wildman–Crippen MR) is 46.4 cm³/mol. The molecule has 0 bridgehead atoms. The van der Waals surface area contributed by atoms with Crippen LogP contribution in [0.25, 0.3) is 0 Å². The summed E-state index contributed by atoms with van der Waals surface area (Å²) in [6, 6.07) is 0. The number of alkyl halides is 5. The van der Waals surface area contributed by atoms with Gasteiger partial charge in [0, 0.05) is 13.2 Å². The van der Waals surface area contributed by atoms with Crippen LogP contribution in [0.1, 0.15) is 6.42 Å². The molecule has 0 heterocycles. The highest BCUT2D eigenvalue weighted by molar-refractivity contribution is 4.61. The fraction of sp³-hybridized carbons (Fsp3) is 1.00. The van der Waals surface area contributed by atoms with Gasteiger partial charge in [0.2, 0.25) is 0 Å². The van der Waals surface area contributed by atoms with Gasteiger partial charge in [-0.3, -0.25) is 0 Å². The Morgan fingerprint density at radius 2 is 1.88 bits per heavy atom. The van der Waals surface area contributed by atoms with Gasteiger partial charge in [-0.1, -0.05) is 0 Å². The van der Waals surface area contributed by atoms with Crippen molar-refractivity contribution in [3.05, 3.63) is 0 Å². The summed E-state index contributed by atoms with van der Waals surface area (Å²) in [5, 5.41) is 11.1. The van der Waals surface area contributed by atoms with Crippen molar-refractivity contribution in [1.82, 2.24) is 5.32 Å². The molecule has 0 amide bonds. The van der Waals surface area contributed by atoms with Crippen molar-refractivity contribution in [3.63, 3.8) is 0 Å². The number of aliphatic hydroxyl groups excluding tert-OH is 1. The Balaban J connectivity index is 3.22. The molecule has 0 rings (SSSR count). The minimum Gasteiger partial charge on any atom is -0.386 e. The molecule has 0 saturated heterocycles. The topological polar surface area (TPSA) is 41.5 Å². The first-order valence-corrected chi connectivity index (χ1v) is 4.64. The molecule has 2 N–H and O–H groups in total. The van der Waals surface area contributed by atoms with Crippen molar-refractivity contribution < 1.29 is 31.8 Å². The van der Waals surface area contributed by atoms with E-state index >= 15 is 0 Å². The molecule has 3 nitrogen and oxygen atoms in total. The molecule has 0 aliphatic carbocycles. The molecular formula is C8H14F5NO2. The van der Waals surface area contributed by atoms with Crippen molar-refractivity contribution in [2.24, 2.45) is 0 Å². The SMILES string of the molecule is OC(CNCCCOCC(F)(F)F)C(F)F. The molecule has 1 unspecified atom stereocenters. The quantitative estimate of drug-likeness (QED) is 0.502. The molecule has 0 aromatic heterocycles. The second kappa shape index (κ2) is 7.75. The van der Waals surface area contributed by atoms with Crippen molar-refractivity contribution in [1.29, 1.82) is 0 Å². The molecule has 0 spiro atoms. The third-order valence-electron chi connectivity index (χ3n) is 1.55. The van der Waals surface area contributed by atoms with Crippen molar-refractivity contribution in [3.8, 4) is 0 Å². The number of rotatable bonds is 8. The highest BCUT2D eigenvalue weighted by Crippen LogP contribution is 2.14. The molecule has 0 fully saturated rings. The first-order chi connectivity index (χ1) is 7.33. The zero-order chi connectivity index (χ0) is 12.6. The predicted octanol–water partition coefficient (Wildman–Crippen LogP) is 1.17. The zero-order valence-electron chi connectivity index (χ0n) is 8.44. The van der Waals surface area contributed by atoms with Crippen molar-refractivity contribution >= 4 is 0 Å². The molecule has 0 saturated carbocycles. The molecule has 8 heteroatoms. The Bertz CT molecular complexity index is 176. The molecule has 98 valence electrons. The van der Waals surface area contributed by atoms with Crippen LogP contribution in [-0.2, 0) is 4.74 Å². The van der Waals surface area contributed by atoms with E-state index in [0.717, 1.165) is 0 Å². The first kappa shape index (κ1) is 15.5. The van der Waals surface area contributed by atoms with Gasteiger partial charge in [-0.15, -0.1) is 0 Å².